The maximum atomic E-state index is 14.4. The van der Waals surface area contributed by atoms with Crippen LogP contribution in [0.2, 0.25) is 10.0 Å². The highest BCUT2D eigenvalue weighted by molar-refractivity contribution is 6.37. The molecule has 4 aromatic rings. The molecule has 8 heteroatoms. The van der Waals surface area contributed by atoms with E-state index in [1.54, 1.807) is 15.5 Å². The van der Waals surface area contributed by atoms with E-state index in [-0.39, 0.29) is 23.4 Å². The Kier molecular flexibility index (Phi) is 7.95. The lowest BCUT2D eigenvalue weighted by atomic mass is 9.97. The van der Waals surface area contributed by atoms with Crippen LogP contribution in [0, 0.1) is 11.3 Å². The summed E-state index contributed by atoms with van der Waals surface area (Å²) in [5.41, 5.74) is 3.89. The number of carbonyl (C=O) groups is 1. The molecule has 1 aliphatic rings. The predicted octanol–water partition coefficient (Wildman–Crippen LogP) is 7.18. The molecular weight excluding hydrogens is 555 g/mol. The Balaban J connectivity index is 1.87. The summed E-state index contributed by atoms with van der Waals surface area (Å²) < 4.78 is 1.63. The van der Waals surface area contributed by atoms with Crippen molar-refractivity contribution in [3.05, 3.63) is 105 Å². The Hall–Kier alpha value is -4.05. The lowest BCUT2D eigenvalue weighted by molar-refractivity contribution is -0.126. The van der Waals surface area contributed by atoms with Gasteiger partial charge in [-0.25, -0.2) is 0 Å². The number of nitriles is 1. The number of pyridine rings is 1. The standard InChI is InChI=1S/C33H30Cl2N4O2/c1-5-31(40)37-14-15-38(21(4)19-37)32-25-16-28(35)24(23-11-6-8-12-27(23)34)17-30(25)39(33(41)26(32)18-36)29-13-9-7-10-22(29)20(2)3/h5-13,16-17,20-21H,1,14-15,19H2,2-4H3/t21-/m0/s1. The minimum atomic E-state index is -0.410. The van der Waals surface area contributed by atoms with Crippen LogP contribution in [-0.2, 0) is 4.79 Å². The summed E-state index contributed by atoms with van der Waals surface area (Å²) in [5, 5.41) is 12.1. The number of rotatable bonds is 5. The molecule has 1 aliphatic heterocycles. The first kappa shape index (κ1) is 28.5. The minimum Gasteiger partial charge on any atom is -0.363 e. The summed E-state index contributed by atoms with van der Waals surface area (Å²) in [4.78, 5) is 30.5. The van der Waals surface area contributed by atoms with Crippen LogP contribution in [0.4, 0.5) is 5.69 Å². The molecule has 0 spiro atoms. The van der Waals surface area contributed by atoms with E-state index in [0.29, 0.717) is 57.5 Å². The van der Waals surface area contributed by atoms with Gasteiger partial charge in [0.25, 0.3) is 5.56 Å². The second-order valence-corrected chi connectivity index (χ2v) is 11.4. The Labute approximate surface area is 249 Å². The van der Waals surface area contributed by atoms with Crippen molar-refractivity contribution in [1.29, 1.82) is 5.26 Å². The number of halogens is 2. The van der Waals surface area contributed by atoms with Gasteiger partial charge in [0.1, 0.15) is 11.6 Å². The van der Waals surface area contributed by atoms with E-state index < -0.39 is 5.56 Å². The summed E-state index contributed by atoms with van der Waals surface area (Å²) in [6.45, 7) is 11.0. The molecule has 41 heavy (non-hydrogen) atoms. The van der Waals surface area contributed by atoms with Gasteiger partial charge in [-0.15, -0.1) is 0 Å². The predicted molar refractivity (Wildman–Crippen MR) is 167 cm³/mol. The van der Waals surface area contributed by atoms with Gasteiger partial charge >= 0.3 is 0 Å². The fourth-order valence-electron chi connectivity index (χ4n) is 5.72. The largest absolute Gasteiger partial charge is 0.363 e. The zero-order valence-corrected chi connectivity index (χ0v) is 24.7. The number of carbonyl (C=O) groups excluding carboxylic acids is 1. The third-order valence-electron chi connectivity index (χ3n) is 7.71. The lowest BCUT2D eigenvalue weighted by Crippen LogP contribution is -2.54. The van der Waals surface area contributed by atoms with Crippen LogP contribution in [0.5, 0.6) is 0 Å². The van der Waals surface area contributed by atoms with E-state index in [0.717, 1.165) is 11.1 Å². The highest BCUT2D eigenvalue weighted by Crippen LogP contribution is 2.41. The Morgan fingerprint density at radius 1 is 1.05 bits per heavy atom. The molecule has 1 amide bonds. The molecule has 0 saturated carbocycles. The zero-order valence-electron chi connectivity index (χ0n) is 23.2. The first-order valence-corrected chi connectivity index (χ1v) is 14.3. The van der Waals surface area contributed by atoms with Gasteiger partial charge in [0.2, 0.25) is 5.91 Å². The number of nitrogens with zero attached hydrogens (tertiary/aromatic N) is 4. The van der Waals surface area contributed by atoms with Crippen molar-refractivity contribution >= 4 is 45.7 Å². The van der Waals surface area contributed by atoms with Crippen molar-refractivity contribution in [2.24, 2.45) is 0 Å². The molecule has 5 rings (SSSR count). The molecular formula is C33H30Cl2N4O2. The molecule has 6 nitrogen and oxygen atoms in total. The van der Waals surface area contributed by atoms with Crippen LogP contribution < -0.4 is 10.5 Å². The monoisotopic (exact) mass is 584 g/mol. The van der Waals surface area contributed by atoms with Gasteiger partial charge in [-0.05, 0) is 48.7 Å². The Morgan fingerprint density at radius 2 is 1.76 bits per heavy atom. The van der Waals surface area contributed by atoms with Crippen LogP contribution in [0.1, 0.15) is 37.8 Å². The molecule has 1 aromatic heterocycles. The van der Waals surface area contributed by atoms with Gasteiger partial charge in [-0.3, -0.25) is 14.2 Å². The van der Waals surface area contributed by atoms with E-state index in [9.17, 15) is 14.9 Å². The van der Waals surface area contributed by atoms with Gasteiger partial charge in [-0.2, -0.15) is 5.26 Å². The van der Waals surface area contributed by atoms with Crippen LogP contribution in [0.3, 0.4) is 0 Å². The quantitative estimate of drug-likeness (QED) is 0.233. The highest BCUT2D eigenvalue weighted by Gasteiger charge is 2.31. The van der Waals surface area contributed by atoms with E-state index >= 15 is 0 Å². The molecule has 0 radical (unpaired) electrons. The van der Waals surface area contributed by atoms with Gasteiger partial charge in [-0.1, -0.05) is 80.0 Å². The van der Waals surface area contributed by atoms with Crippen LogP contribution in [0.15, 0.2) is 78.1 Å². The number of aromatic nitrogens is 1. The zero-order chi connectivity index (χ0) is 29.4. The number of piperazine rings is 1. The van der Waals surface area contributed by atoms with Gasteiger partial charge in [0.15, 0.2) is 0 Å². The molecule has 1 saturated heterocycles. The summed E-state index contributed by atoms with van der Waals surface area (Å²) in [6, 6.07) is 21.0. The normalized spacial score (nSPS) is 15.3. The van der Waals surface area contributed by atoms with Gasteiger partial charge < -0.3 is 9.80 Å². The number of anilines is 1. The Bertz CT molecular complexity index is 1790. The number of para-hydroxylation sites is 1. The summed E-state index contributed by atoms with van der Waals surface area (Å²) in [5.74, 6) is -0.0146. The SMILES string of the molecule is C=CC(=O)N1CCN(c2c(C#N)c(=O)n(-c3ccccc3C(C)C)c3cc(-c4ccccc4Cl)c(Cl)cc23)[C@@H](C)C1. The fourth-order valence-corrected chi connectivity index (χ4v) is 6.22. The maximum Gasteiger partial charge on any atom is 0.275 e. The first-order valence-electron chi connectivity index (χ1n) is 13.5. The van der Waals surface area contributed by atoms with Crippen molar-refractivity contribution in [3.8, 4) is 22.9 Å². The average Bonchev–Trinajstić information content (AvgIpc) is 2.96. The second-order valence-electron chi connectivity index (χ2n) is 10.5. The third-order valence-corrected chi connectivity index (χ3v) is 8.35. The first-order chi connectivity index (χ1) is 19.7. The summed E-state index contributed by atoms with van der Waals surface area (Å²) in [6.07, 6.45) is 1.31. The van der Waals surface area contributed by atoms with Crippen molar-refractivity contribution in [2.75, 3.05) is 24.5 Å². The molecule has 208 valence electrons. The Morgan fingerprint density at radius 3 is 2.41 bits per heavy atom. The molecule has 0 unspecified atom stereocenters. The van der Waals surface area contributed by atoms with Crippen molar-refractivity contribution in [1.82, 2.24) is 9.47 Å². The topological polar surface area (TPSA) is 69.3 Å². The van der Waals surface area contributed by atoms with Gasteiger partial charge in [0, 0.05) is 52.2 Å². The summed E-state index contributed by atoms with van der Waals surface area (Å²) in [7, 11) is 0. The maximum absolute atomic E-state index is 14.4. The number of hydrogen-bond donors (Lipinski definition) is 0. The van der Waals surface area contributed by atoms with Crippen molar-refractivity contribution in [2.45, 2.75) is 32.7 Å². The summed E-state index contributed by atoms with van der Waals surface area (Å²) >= 11 is 13.5. The van der Waals surface area contributed by atoms with Gasteiger partial charge in [0.05, 0.1) is 16.9 Å². The number of amides is 1. The molecule has 1 fully saturated rings. The molecule has 3 aromatic carbocycles. The minimum absolute atomic E-state index is 0.0352. The van der Waals surface area contributed by atoms with Crippen molar-refractivity contribution in [3.63, 3.8) is 0 Å². The number of benzene rings is 3. The molecule has 1 atom stereocenters. The number of fused-ring (bicyclic) bond motifs is 1. The number of hydrogen-bond acceptors (Lipinski definition) is 4. The molecule has 0 N–H and O–H groups in total. The smallest absolute Gasteiger partial charge is 0.275 e. The lowest BCUT2D eigenvalue weighted by Gasteiger charge is -2.41. The molecule has 2 heterocycles. The van der Waals surface area contributed by atoms with E-state index in [1.165, 1.54) is 6.08 Å². The van der Waals surface area contributed by atoms with Crippen LogP contribution >= 0.6 is 23.2 Å². The van der Waals surface area contributed by atoms with E-state index in [1.807, 2.05) is 66.4 Å². The van der Waals surface area contributed by atoms with E-state index in [4.69, 9.17) is 23.2 Å². The van der Waals surface area contributed by atoms with E-state index in [2.05, 4.69) is 26.5 Å². The molecule has 0 aliphatic carbocycles. The molecule has 0 bridgehead atoms. The second kappa shape index (κ2) is 11.4. The van der Waals surface area contributed by atoms with Crippen molar-refractivity contribution < 1.29 is 4.79 Å². The van der Waals surface area contributed by atoms with Crippen LogP contribution in [0.25, 0.3) is 27.7 Å². The average molecular weight is 586 g/mol. The highest BCUT2D eigenvalue weighted by atomic mass is 35.5. The fraction of sp³-hybridized carbons (Fsp3) is 0.242. The van der Waals surface area contributed by atoms with Crippen LogP contribution in [-0.4, -0.2) is 41.1 Å². The third kappa shape index (κ3) is 5.01.